The number of fused-ring (bicyclic) bond motifs is 1. The van der Waals surface area contributed by atoms with Gasteiger partial charge in [-0.2, -0.15) is 5.10 Å². The van der Waals surface area contributed by atoms with E-state index in [1.165, 1.54) is 6.20 Å². The second-order valence-corrected chi connectivity index (χ2v) is 4.85. The van der Waals surface area contributed by atoms with Crippen LogP contribution in [0.25, 0.3) is 11.2 Å². The summed E-state index contributed by atoms with van der Waals surface area (Å²) in [5.74, 6) is 0.938. The summed E-state index contributed by atoms with van der Waals surface area (Å²) < 4.78 is 0. The summed E-state index contributed by atoms with van der Waals surface area (Å²) in [6.45, 7) is 3.75. The lowest BCUT2D eigenvalue weighted by atomic mass is 10.2. The van der Waals surface area contributed by atoms with Gasteiger partial charge in [0.15, 0.2) is 11.5 Å². The molecule has 0 aliphatic heterocycles. The molecule has 3 rings (SSSR count). The van der Waals surface area contributed by atoms with Crippen LogP contribution in [0.1, 0.15) is 41.9 Å². The van der Waals surface area contributed by atoms with Crippen molar-refractivity contribution in [2.24, 2.45) is 0 Å². The first-order valence-corrected chi connectivity index (χ1v) is 6.87. The molecule has 3 aromatic rings. The molecule has 0 bridgehead atoms. The molecule has 0 spiro atoms. The average Bonchev–Trinajstić information content (AvgIpc) is 3.11. The summed E-state index contributed by atoms with van der Waals surface area (Å²) in [6.07, 6.45) is 2.21. The van der Waals surface area contributed by atoms with Crippen LogP contribution in [0.3, 0.4) is 0 Å². The molecular weight excluding hydrogens is 286 g/mol. The number of aryl methyl sites for hydroxylation is 1. The van der Waals surface area contributed by atoms with Crippen LogP contribution in [-0.2, 0) is 6.42 Å². The minimum atomic E-state index is -0.405. The monoisotopic (exact) mass is 301 g/mol. The average molecular weight is 301 g/mol. The molecule has 4 N–H and O–H groups in total. The highest BCUT2D eigenvalue weighted by Crippen LogP contribution is 2.13. The third kappa shape index (κ3) is 2.48. The van der Waals surface area contributed by atoms with E-state index in [0.29, 0.717) is 22.6 Å². The number of nitrogens with one attached hydrogen (secondary N) is 4. The van der Waals surface area contributed by atoms with Gasteiger partial charge in [-0.3, -0.25) is 14.9 Å². The first-order chi connectivity index (χ1) is 10.6. The maximum absolute atomic E-state index is 12.4. The lowest BCUT2D eigenvalue weighted by Crippen LogP contribution is -2.27. The quantitative estimate of drug-likeness (QED) is 0.554. The Morgan fingerprint density at radius 3 is 2.95 bits per heavy atom. The fourth-order valence-electron chi connectivity index (χ4n) is 2.13. The minimum absolute atomic E-state index is 0.335. The molecule has 0 fully saturated rings. The molecule has 0 saturated heterocycles. The van der Waals surface area contributed by atoms with Crippen LogP contribution in [0, 0.1) is 0 Å². The molecule has 1 amide bonds. The summed E-state index contributed by atoms with van der Waals surface area (Å²) in [6, 6.07) is 1.18. The van der Waals surface area contributed by atoms with E-state index in [2.05, 4.69) is 35.5 Å². The van der Waals surface area contributed by atoms with Crippen molar-refractivity contribution in [2.45, 2.75) is 26.3 Å². The molecule has 0 aliphatic rings. The van der Waals surface area contributed by atoms with Crippen molar-refractivity contribution in [3.05, 3.63) is 40.0 Å². The number of aromatic nitrogens is 6. The number of rotatable bonds is 4. The third-order valence-electron chi connectivity index (χ3n) is 3.28. The van der Waals surface area contributed by atoms with Crippen molar-refractivity contribution in [3.63, 3.8) is 0 Å². The van der Waals surface area contributed by atoms with Crippen LogP contribution < -0.4 is 11.0 Å². The third-order valence-corrected chi connectivity index (χ3v) is 3.28. The molecule has 1 atom stereocenters. The molecule has 0 aromatic carbocycles. The predicted molar refractivity (Wildman–Crippen MR) is 78.4 cm³/mol. The van der Waals surface area contributed by atoms with Gasteiger partial charge in [0.1, 0.15) is 5.82 Å². The lowest BCUT2D eigenvalue weighted by Gasteiger charge is -2.10. The summed E-state index contributed by atoms with van der Waals surface area (Å²) >= 11 is 0. The van der Waals surface area contributed by atoms with Crippen molar-refractivity contribution in [2.75, 3.05) is 0 Å². The number of nitrogens with zero attached hydrogens (tertiary/aromatic N) is 3. The standard InChI is InChI=1S/C13H15N7O2/c1-3-8-16-10(20-19-8)6(2)15-12(21)7-4-5-14-11-9(7)17-13(22)18-11/h4-6H,3H2,1-2H3,(H,15,21)(H,16,19,20)(H2,14,17,18,22). The highest BCUT2D eigenvalue weighted by Gasteiger charge is 2.18. The molecule has 114 valence electrons. The number of carbonyl (C=O) groups is 1. The van der Waals surface area contributed by atoms with E-state index >= 15 is 0 Å². The fourth-order valence-corrected chi connectivity index (χ4v) is 2.13. The van der Waals surface area contributed by atoms with Gasteiger partial charge >= 0.3 is 5.69 Å². The highest BCUT2D eigenvalue weighted by molar-refractivity contribution is 6.03. The van der Waals surface area contributed by atoms with E-state index in [-0.39, 0.29) is 11.9 Å². The van der Waals surface area contributed by atoms with Crippen molar-refractivity contribution >= 4 is 17.1 Å². The Balaban J connectivity index is 1.85. The number of imidazole rings is 1. The van der Waals surface area contributed by atoms with Gasteiger partial charge in [-0.05, 0) is 13.0 Å². The SMILES string of the molecule is CCc1nc(C(C)NC(=O)c2ccnc3[nH]c(=O)[nH]c23)n[nH]1. The van der Waals surface area contributed by atoms with Crippen LogP contribution in [0.15, 0.2) is 17.1 Å². The van der Waals surface area contributed by atoms with Gasteiger partial charge in [-0.15, -0.1) is 0 Å². The zero-order valence-electron chi connectivity index (χ0n) is 12.1. The smallest absolute Gasteiger partial charge is 0.325 e. The van der Waals surface area contributed by atoms with E-state index in [0.717, 1.165) is 12.2 Å². The minimum Gasteiger partial charge on any atom is -0.342 e. The zero-order chi connectivity index (χ0) is 15.7. The topological polar surface area (TPSA) is 132 Å². The Bertz CT molecular complexity index is 876. The van der Waals surface area contributed by atoms with E-state index in [9.17, 15) is 9.59 Å². The molecule has 22 heavy (non-hydrogen) atoms. The number of pyridine rings is 1. The largest absolute Gasteiger partial charge is 0.342 e. The Morgan fingerprint density at radius 2 is 2.23 bits per heavy atom. The first-order valence-electron chi connectivity index (χ1n) is 6.87. The molecule has 3 aromatic heterocycles. The lowest BCUT2D eigenvalue weighted by molar-refractivity contribution is 0.0940. The van der Waals surface area contributed by atoms with Gasteiger partial charge in [0.2, 0.25) is 0 Å². The molecule has 3 heterocycles. The molecule has 9 nitrogen and oxygen atoms in total. The second-order valence-electron chi connectivity index (χ2n) is 4.85. The number of aromatic amines is 3. The van der Waals surface area contributed by atoms with E-state index in [4.69, 9.17) is 0 Å². The van der Waals surface area contributed by atoms with Crippen LogP contribution in [-0.4, -0.2) is 36.0 Å². The molecule has 1 unspecified atom stereocenters. The molecule has 9 heteroatoms. The number of amides is 1. The Morgan fingerprint density at radius 1 is 1.41 bits per heavy atom. The maximum atomic E-state index is 12.4. The number of carbonyl (C=O) groups excluding carboxylic acids is 1. The first kappa shape index (κ1) is 14.0. The number of H-pyrrole nitrogens is 3. The van der Waals surface area contributed by atoms with Gasteiger partial charge < -0.3 is 10.3 Å². The van der Waals surface area contributed by atoms with Crippen molar-refractivity contribution in [1.29, 1.82) is 0 Å². The van der Waals surface area contributed by atoms with Gasteiger partial charge in [-0.25, -0.2) is 14.8 Å². The molecule has 0 radical (unpaired) electrons. The van der Waals surface area contributed by atoms with Crippen molar-refractivity contribution in [1.82, 2.24) is 35.5 Å². The fraction of sp³-hybridized carbons (Fsp3) is 0.308. The number of hydrogen-bond acceptors (Lipinski definition) is 5. The summed E-state index contributed by atoms with van der Waals surface area (Å²) in [5, 5.41) is 9.68. The number of hydrogen-bond donors (Lipinski definition) is 4. The Kier molecular flexibility index (Phi) is 3.45. The maximum Gasteiger partial charge on any atom is 0.325 e. The van der Waals surface area contributed by atoms with E-state index in [1.807, 2.05) is 6.92 Å². The Hall–Kier alpha value is -2.97. The van der Waals surface area contributed by atoms with E-state index in [1.54, 1.807) is 13.0 Å². The normalized spacial score (nSPS) is 12.5. The van der Waals surface area contributed by atoms with Crippen LogP contribution in [0.4, 0.5) is 0 Å². The summed E-state index contributed by atoms with van der Waals surface area (Å²) in [7, 11) is 0. The van der Waals surface area contributed by atoms with Crippen LogP contribution in [0.5, 0.6) is 0 Å². The zero-order valence-corrected chi connectivity index (χ0v) is 12.1. The highest BCUT2D eigenvalue weighted by atomic mass is 16.2. The van der Waals surface area contributed by atoms with Crippen LogP contribution in [0.2, 0.25) is 0 Å². The van der Waals surface area contributed by atoms with Gasteiger partial charge in [0.25, 0.3) is 5.91 Å². The predicted octanol–water partition coefficient (Wildman–Crippen LogP) is 0.423. The van der Waals surface area contributed by atoms with Gasteiger partial charge in [0.05, 0.1) is 17.1 Å². The van der Waals surface area contributed by atoms with E-state index < -0.39 is 5.69 Å². The Labute approximate surface area is 124 Å². The van der Waals surface area contributed by atoms with Crippen molar-refractivity contribution < 1.29 is 4.79 Å². The van der Waals surface area contributed by atoms with Crippen LogP contribution >= 0.6 is 0 Å². The molecule has 0 aliphatic carbocycles. The van der Waals surface area contributed by atoms with Gasteiger partial charge in [-0.1, -0.05) is 6.92 Å². The second kappa shape index (κ2) is 5.43. The molecule has 0 saturated carbocycles. The molecular formula is C13H15N7O2. The summed E-state index contributed by atoms with van der Waals surface area (Å²) in [5.41, 5.74) is 0.650. The van der Waals surface area contributed by atoms with Gasteiger partial charge in [0, 0.05) is 12.6 Å². The summed E-state index contributed by atoms with van der Waals surface area (Å²) in [4.78, 5) is 37.1. The van der Waals surface area contributed by atoms with Crippen molar-refractivity contribution in [3.8, 4) is 0 Å².